The number of hydrogen-bond acceptors (Lipinski definition) is 5. The summed E-state index contributed by atoms with van der Waals surface area (Å²) in [5.74, 6) is -0.280. The average molecular weight is 419 g/mol. The monoisotopic (exact) mass is 418 g/mol. The third-order valence-corrected chi connectivity index (χ3v) is 7.80. The van der Waals surface area contributed by atoms with E-state index in [4.69, 9.17) is 5.26 Å². The summed E-state index contributed by atoms with van der Waals surface area (Å²) in [5, 5.41) is 11.9. The van der Waals surface area contributed by atoms with Crippen LogP contribution in [0.15, 0.2) is 29.2 Å². The lowest BCUT2D eigenvalue weighted by molar-refractivity contribution is -0.121. The van der Waals surface area contributed by atoms with Gasteiger partial charge in [0.15, 0.2) is 0 Å². The van der Waals surface area contributed by atoms with Crippen LogP contribution in [-0.2, 0) is 14.8 Å². The van der Waals surface area contributed by atoms with Crippen LogP contribution in [0.5, 0.6) is 0 Å². The Balaban J connectivity index is 1.51. The normalized spacial score (nSPS) is 21.6. The van der Waals surface area contributed by atoms with Crippen molar-refractivity contribution in [3.05, 3.63) is 29.8 Å². The van der Waals surface area contributed by atoms with E-state index in [2.05, 4.69) is 10.2 Å². The predicted molar refractivity (Wildman–Crippen MR) is 111 cm³/mol. The minimum Gasteiger partial charge on any atom is -0.351 e. The Labute approximate surface area is 173 Å². The summed E-state index contributed by atoms with van der Waals surface area (Å²) in [6.45, 7) is 1.62. The number of rotatable bonds is 6. The van der Waals surface area contributed by atoms with Gasteiger partial charge in [-0.3, -0.25) is 9.69 Å². The molecular weight excluding hydrogens is 388 g/mol. The van der Waals surface area contributed by atoms with Crippen molar-refractivity contribution in [3.8, 4) is 6.07 Å². The third kappa shape index (κ3) is 5.56. The summed E-state index contributed by atoms with van der Waals surface area (Å²) in [4.78, 5) is 15.0. The van der Waals surface area contributed by atoms with Gasteiger partial charge in [-0.1, -0.05) is 25.7 Å². The lowest BCUT2D eigenvalue weighted by atomic mass is 10.1. The van der Waals surface area contributed by atoms with Gasteiger partial charge in [-0.05, 0) is 43.5 Å². The fourth-order valence-corrected chi connectivity index (χ4v) is 5.43. The highest BCUT2D eigenvalue weighted by Crippen LogP contribution is 2.25. The summed E-state index contributed by atoms with van der Waals surface area (Å²) >= 11 is 0. The molecule has 2 fully saturated rings. The van der Waals surface area contributed by atoms with Crippen LogP contribution in [0.4, 0.5) is 0 Å². The molecule has 0 bridgehead atoms. The Bertz CT molecular complexity index is 840. The van der Waals surface area contributed by atoms with Gasteiger partial charge in [-0.25, -0.2) is 8.42 Å². The van der Waals surface area contributed by atoms with E-state index >= 15 is 0 Å². The molecule has 0 spiro atoms. The first-order valence-electron chi connectivity index (χ1n) is 10.4. The molecule has 29 heavy (non-hydrogen) atoms. The van der Waals surface area contributed by atoms with Gasteiger partial charge in [0.1, 0.15) is 0 Å². The molecule has 3 rings (SSSR count). The number of carbonyl (C=O) groups excluding carboxylic acids is 1. The van der Waals surface area contributed by atoms with Crippen molar-refractivity contribution in [2.75, 3.05) is 26.7 Å². The minimum atomic E-state index is -3.77. The van der Waals surface area contributed by atoms with E-state index in [1.54, 1.807) is 0 Å². The summed E-state index contributed by atoms with van der Waals surface area (Å²) in [6, 6.07) is 8.37. The molecule has 1 N–H and O–H groups in total. The highest BCUT2D eigenvalue weighted by molar-refractivity contribution is 7.89. The number of likely N-dealkylation sites (tertiary alicyclic amines) is 1. The SMILES string of the molecule is CN(CC(=O)NC1CCN(C2CCCCCC2)C1)S(=O)(=O)c1ccc(C#N)cc1. The van der Waals surface area contributed by atoms with Crippen molar-refractivity contribution in [1.29, 1.82) is 5.26 Å². The Morgan fingerprint density at radius 1 is 1.17 bits per heavy atom. The highest BCUT2D eigenvalue weighted by Gasteiger charge is 2.30. The topological polar surface area (TPSA) is 93.5 Å². The van der Waals surface area contributed by atoms with Crippen molar-refractivity contribution in [2.24, 2.45) is 0 Å². The van der Waals surface area contributed by atoms with E-state index < -0.39 is 10.0 Å². The quantitative estimate of drug-likeness (QED) is 0.714. The first-order chi connectivity index (χ1) is 13.9. The number of nitrogens with one attached hydrogen (secondary N) is 1. The summed E-state index contributed by atoms with van der Waals surface area (Å²) in [7, 11) is -2.37. The van der Waals surface area contributed by atoms with Crippen molar-refractivity contribution < 1.29 is 13.2 Å². The molecule has 1 aliphatic heterocycles. The van der Waals surface area contributed by atoms with Gasteiger partial charge in [-0.15, -0.1) is 0 Å². The van der Waals surface area contributed by atoms with Crippen LogP contribution in [0, 0.1) is 11.3 Å². The molecule has 1 saturated heterocycles. The number of hydrogen-bond donors (Lipinski definition) is 1. The second kappa shape index (κ2) is 9.70. The molecule has 158 valence electrons. The molecule has 1 saturated carbocycles. The van der Waals surface area contributed by atoms with E-state index in [1.807, 2.05) is 6.07 Å². The first kappa shape index (κ1) is 21.8. The molecule has 1 amide bonds. The van der Waals surface area contributed by atoms with Crippen molar-refractivity contribution in [3.63, 3.8) is 0 Å². The van der Waals surface area contributed by atoms with Gasteiger partial charge in [0.2, 0.25) is 15.9 Å². The molecule has 7 nitrogen and oxygen atoms in total. The number of nitriles is 1. The number of likely N-dealkylation sites (N-methyl/N-ethyl adjacent to an activating group) is 1. The number of benzene rings is 1. The van der Waals surface area contributed by atoms with E-state index in [0.717, 1.165) is 23.8 Å². The Morgan fingerprint density at radius 3 is 2.45 bits per heavy atom. The van der Waals surface area contributed by atoms with E-state index in [-0.39, 0.29) is 23.4 Å². The molecule has 2 aliphatic rings. The molecule has 0 aromatic heterocycles. The lowest BCUT2D eigenvalue weighted by Crippen LogP contribution is -2.44. The molecule has 1 aromatic rings. The fourth-order valence-electron chi connectivity index (χ4n) is 4.30. The number of sulfonamides is 1. The van der Waals surface area contributed by atoms with Gasteiger partial charge < -0.3 is 5.32 Å². The largest absolute Gasteiger partial charge is 0.351 e. The van der Waals surface area contributed by atoms with Gasteiger partial charge in [0.25, 0.3) is 0 Å². The maximum absolute atomic E-state index is 12.7. The highest BCUT2D eigenvalue weighted by atomic mass is 32.2. The first-order valence-corrected chi connectivity index (χ1v) is 11.8. The second-order valence-electron chi connectivity index (χ2n) is 8.09. The second-order valence-corrected chi connectivity index (χ2v) is 10.1. The third-order valence-electron chi connectivity index (χ3n) is 5.98. The Morgan fingerprint density at radius 2 is 1.83 bits per heavy atom. The summed E-state index contributed by atoms with van der Waals surface area (Å²) in [6.07, 6.45) is 8.62. The minimum absolute atomic E-state index is 0.0761. The van der Waals surface area contributed by atoms with Crippen LogP contribution in [-0.4, -0.2) is 62.3 Å². The number of amides is 1. The van der Waals surface area contributed by atoms with Crippen LogP contribution in [0.1, 0.15) is 50.5 Å². The summed E-state index contributed by atoms with van der Waals surface area (Å²) in [5.41, 5.74) is 0.392. The van der Waals surface area contributed by atoms with Gasteiger partial charge >= 0.3 is 0 Å². The van der Waals surface area contributed by atoms with Crippen molar-refractivity contribution in [1.82, 2.24) is 14.5 Å². The standard InChI is InChI=1S/C21H30N4O3S/c1-24(29(27,28)20-10-8-17(14-22)9-11-20)16-21(26)23-18-12-13-25(15-18)19-6-4-2-3-5-7-19/h8-11,18-19H,2-7,12-13,15-16H2,1H3,(H,23,26). The van der Waals surface area contributed by atoms with Gasteiger partial charge in [0, 0.05) is 32.2 Å². The van der Waals surface area contributed by atoms with Crippen LogP contribution in [0.25, 0.3) is 0 Å². The predicted octanol–water partition coefficient (Wildman–Crippen LogP) is 2.09. The van der Waals surface area contributed by atoms with Gasteiger partial charge in [-0.2, -0.15) is 9.57 Å². The molecule has 1 aromatic carbocycles. The van der Waals surface area contributed by atoms with Crippen LogP contribution < -0.4 is 5.32 Å². The average Bonchev–Trinajstić information content (AvgIpc) is 2.99. The zero-order valence-corrected chi connectivity index (χ0v) is 17.8. The van der Waals surface area contributed by atoms with Crippen LogP contribution >= 0.6 is 0 Å². The zero-order valence-electron chi connectivity index (χ0n) is 17.0. The molecule has 8 heteroatoms. The molecule has 1 heterocycles. The molecule has 1 atom stereocenters. The molecule has 1 unspecified atom stereocenters. The van der Waals surface area contributed by atoms with Gasteiger partial charge in [0.05, 0.1) is 23.1 Å². The smallest absolute Gasteiger partial charge is 0.243 e. The molecular formula is C21H30N4O3S. The van der Waals surface area contributed by atoms with E-state index in [1.165, 1.54) is 69.8 Å². The maximum Gasteiger partial charge on any atom is 0.243 e. The zero-order chi connectivity index (χ0) is 20.9. The lowest BCUT2D eigenvalue weighted by Gasteiger charge is -2.27. The Kier molecular flexibility index (Phi) is 7.28. The number of nitrogens with zero attached hydrogens (tertiary/aromatic N) is 3. The van der Waals surface area contributed by atoms with Crippen LogP contribution in [0.2, 0.25) is 0 Å². The van der Waals surface area contributed by atoms with E-state index in [9.17, 15) is 13.2 Å². The van der Waals surface area contributed by atoms with Crippen molar-refractivity contribution in [2.45, 2.75) is 61.9 Å². The van der Waals surface area contributed by atoms with Crippen LogP contribution in [0.3, 0.4) is 0 Å². The molecule has 1 aliphatic carbocycles. The maximum atomic E-state index is 12.7. The Hall–Kier alpha value is -1.95. The summed E-state index contributed by atoms with van der Waals surface area (Å²) < 4.78 is 26.4. The van der Waals surface area contributed by atoms with E-state index in [0.29, 0.717) is 11.6 Å². The fraction of sp³-hybridized carbons (Fsp3) is 0.619. The van der Waals surface area contributed by atoms with Crippen molar-refractivity contribution >= 4 is 15.9 Å². The number of carbonyl (C=O) groups is 1. The molecule has 0 radical (unpaired) electrons.